The van der Waals surface area contributed by atoms with Crippen LogP contribution < -0.4 is 5.73 Å². The Morgan fingerprint density at radius 2 is 1.53 bits per heavy atom. The number of guanidine groups is 1. The van der Waals surface area contributed by atoms with E-state index in [4.69, 9.17) is 10.7 Å². The van der Waals surface area contributed by atoms with Gasteiger partial charge in [-0.1, -0.05) is 92.8 Å². The van der Waals surface area contributed by atoms with Crippen molar-refractivity contribution in [3.05, 3.63) is 71.8 Å². The lowest BCUT2D eigenvalue weighted by Gasteiger charge is -2.45. The molecule has 0 saturated heterocycles. The standard InChI is InChI=1S/C27H38N4O/c1-30-25(32)18-27(29-26(30)28,17-22-11-5-2-6-12-22)21-31(19-23-13-7-3-8-14-23)20-24-15-9-4-10-16-24/h3-4,7-10,13-16,22,25,32H,2,5-6,11-12,17-21H2,1H3,(H2,28,29). The highest BCUT2D eigenvalue weighted by Gasteiger charge is 2.41. The first-order valence-corrected chi connectivity index (χ1v) is 12.1. The molecule has 0 radical (unpaired) electrons. The van der Waals surface area contributed by atoms with Crippen molar-refractivity contribution in [1.82, 2.24) is 9.80 Å². The summed E-state index contributed by atoms with van der Waals surface area (Å²) < 4.78 is 0. The lowest BCUT2D eigenvalue weighted by atomic mass is 9.77. The molecule has 0 bridgehead atoms. The molecule has 2 unspecified atom stereocenters. The van der Waals surface area contributed by atoms with E-state index in [1.165, 1.54) is 43.2 Å². The van der Waals surface area contributed by atoms with E-state index in [2.05, 4.69) is 65.6 Å². The molecule has 1 saturated carbocycles. The molecule has 1 heterocycles. The molecule has 32 heavy (non-hydrogen) atoms. The number of aliphatic hydroxyl groups is 1. The van der Waals surface area contributed by atoms with Crippen LogP contribution in [0.5, 0.6) is 0 Å². The maximum absolute atomic E-state index is 10.9. The number of aliphatic imine (C=N–C) groups is 1. The van der Waals surface area contributed by atoms with Crippen molar-refractivity contribution in [1.29, 1.82) is 0 Å². The predicted molar refractivity (Wildman–Crippen MR) is 131 cm³/mol. The van der Waals surface area contributed by atoms with E-state index >= 15 is 0 Å². The Hall–Kier alpha value is -2.37. The van der Waals surface area contributed by atoms with E-state index in [1.807, 2.05) is 7.05 Å². The van der Waals surface area contributed by atoms with E-state index in [0.29, 0.717) is 18.3 Å². The number of rotatable bonds is 8. The molecule has 2 aliphatic rings. The van der Waals surface area contributed by atoms with Crippen LogP contribution >= 0.6 is 0 Å². The second-order valence-corrected chi connectivity index (χ2v) is 9.81. The topological polar surface area (TPSA) is 65.1 Å². The summed E-state index contributed by atoms with van der Waals surface area (Å²) >= 11 is 0. The molecule has 2 atom stereocenters. The molecule has 172 valence electrons. The molecule has 1 aliphatic heterocycles. The van der Waals surface area contributed by atoms with Crippen LogP contribution in [0.1, 0.15) is 56.1 Å². The Labute approximate surface area is 193 Å². The number of hydrogen-bond acceptors (Lipinski definition) is 5. The monoisotopic (exact) mass is 434 g/mol. The Balaban J connectivity index is 1.62. The molecule has 1 fully saturated rings. The number of hydrogen-bond donors (Lipinski definition) is 2. The number of benzene rings is 2. The second-order valence-electron chi connectivity index (χ2n) is 9.81. The Morgan fingerprint density at radius 3 is 2.06 bits per heavy atom. The Bertz CT molecular complexity index is 824. The molecule has 2 aromatic rings. The van der Waals surface area contributed by atoms with Crippen LogP contribution in [0.2, 0.25) is 0 Å². The highest BCUT2D eigenvalue weighted by molar-refractivity contribution is 5.79. The summed E-state index contributed by atoms with van der Waals surface area (Å²) in [7, 11) is 1.83. The Morgan fingerprint density at radius 1 is 0.969 bits per heavy atom. The molecule has 5 heteroatoms. The minimum atomic E-state index is -0.591. The summed E-state index contributed by atoms with van der Waals surface area (Å²) in [6.45, 7) is 2.49. The van der Waals surface area contributed by atoms with Gasteiger partial charge in [0, 0.05) is 33.1 Å². The maximum Gasteiger partial charge on any atom is 0.193 e. The van der Waals surface area contributed by atoms with Crippen molar-refractivity contribution in [2.24, 2.45) is 16.6 Å². The smallest absolute Gasteiger partial charge is 0.193 e. The van der Waals surface area contributed by atoms with Crippen LogP contribution in [0.15, 0.2) is 65.7 Å². The van der Waals surface area contributed by atoms with E-state index < -0.39 is 6.23 Å². The van der Waals surface area contributed by atoms with Gasteiger partial charge in [0.05, 0.1) is 5.54 Å². The fraction of sp³-hybridized carbons (Fsp3) is 0.519. The zero-order valence-electron chi connectivity index (χ0n) is 19.4. The summed E-state index contributed by atoms with van der Waals surface area (Å²) in [5.74, 6) is 1.12. The average Bonchev–Trinajstić information content (AvgIpc) is 2.79. The minimum Gasteiger partial charge on any atom is -0.373 e. The fourth-order valence-electron chi connectivity index (χ4n) is 5.49. The van der Waals surface area contributed by atoms with Crippen molar-refractivity contribution in [2.45, 2.75) is 69.8 Å². The minimum absolute atomic E-state index is 0.360. The zero-order chi connectivity index (χ0) is 22.4. The van der Waals surface area contributed by atoms with Crippen LogP contribution in [0, 0.1) is 5.92 Å². The lowest BCUT2D eigenvalue weighted by molar-refractivity contribution is 0.00861. The van der Waals surface area contributed by atoms with Gasteiger partial charge in [0.2, 0.25) is 0 Å². The average molecular weight is 435 g/mol. The third kappa shape index (κ3) is 5.90. The summed E-state index contributed by atoms with van der Waals surface area (Å²) in [5.41, 5.74) is 8.55. The van der Waals surface area contributed by atoms with Gasteiger partial charge >= 0.3 is 0 Å². The summed E-state index contributed by atoms with van der Waals surface area (Å²) in [5, 5.41) is 10.9. The molecule has 3 N–H and O–H groups in total. The van der Waals surface area contributed by atoms with Crippen LogP contribution in [0.25, 0.3) is 0 Å². The third-order valence-electron chi connectivity index (χ3n) is 7.13. The molecular weight excluding hydrogens is 396 g/mol. The predicted octanol–water partition coefficient (Wildman–Crippen LogP) is 4.37. The van der Waals surface area contributed by atoms with Gasteiger partial charge in [-0.3, -0.25) is 4.90 Å². The SMILES string of the molecule is CN1C(N)=NC(CC2CCCCC2)(CN(Cc2ccccc2)Cc2ccccc2)CC1O. The van der Waals surface area contributed by atoms with Crippen LogP contribution in [0.3, 0.4) is 0 Å². The normalized spacial score (nSPS) is 24.5. The van der Waals surface area contributed by atoms with Crippen LogP contribution in [-0.4, -0.2) is 46.2 Å². The molecule has 0 amide bonds. The highest BCUT2D eigenvalue weighted by atomic mass is 16.3. The van der Waals surface area contributed by atoms with E-state index in [1.54, 1.807) is 4.90 Å². The third-order valence-corrected chi connectivity index (χ3v) is 7.13. The lowest BCUT2D eigenvalue weighted by Crippen LogP contribution is -2.56. The summed E-state index contributed by atoms with van der Waals surface area (Å²) in [6.07, 6.45) is 7.51. The van der Waals surface area contributed by atoms with Gasteiger partial charge in [0.1, 0.15) is 6.23 Å². The van der Waals surface area contributed by atoms with Gasteiger partial charge in [-0.15, -0.1) is 0 Å². The summed E-state index contributed by atoms with van der Waals surface area (Å²) in [6, 6.07) is 21.3. The van der Waals surface area contributed by atoms with Crippen molar-refractivity contribution in [3.8, 4) is 0 Å². The van der Waals surface area contributed by atoms with Gasteiger partial charge in [-0.05, 0) is 23.5 Å². The van der Waals surface area contributed by atoms with Crippen molar-refractivity contribution >= 4 is 5.96 Å². The van der Waals surface area contributed by atoms with Gasteiger partial charge in [0.15, 0.2) is 5.96 Å². The molecule has 5 nitrogen and oxygen atoms in total. The van der Waals surface area contributed by atoms with Gasteiger partial charge in [0.25, 0.3) is 0 Å². The largest absolute Gasteiger partial charge is 0.373 e. The number of nitrogens with two attached hydrogens (primary N) is 1. The molecule has 1 aliphatic carbocycles. The van der Waals surface area contributed by atoms with E-state index in [0.717, 1.165) is 26.1 Å². The van der Waals surface area contributed by atoms with E-state index in [-0.39, 0.29) is 5.54 Å². The van der Waals surface area contributed by atoms with Crippen LogP contribution in [-0.2, 0) is 13.1 Å². The van der Waals surface area contributed by atoms with Crippen LogP contribution in [0.4, 0.5) is 0 Å². The van der Waals surface area contributed by atoms with Crippen molar-refractivity contribution in [3.63, 3.8) is 0 Å². The van der Waals surface area contributed by atoms with Gasteiger partial charge < -0.3 is 15.7 Å². The van der Waals surface area contributed by atoms with Gasteiger partial charge in [-0.25, -0.2) is 4.99 Å². The summed E-state index contributed by atoms with van der Waals surface area (Å²) in [4.78, 5) is 9.28. The second kappa shape index (κ2) is 10.5. The number of nitrogens with zero attached hydrogens (tertiary/aromatic N) is 3. The van der Waals surface area contributed by atoms with Crippen molar-refractivity contribution < 1.29 is 5.11 Å². The highest BCUT2D eigenvalue weighted by Crippen LogP contribution is 2.38. The first kappa shape index (κ1) is 22.8. The maximum atomic E-state index is 10.9. The number of aliphatic hydroxyl groups excluding tert-OH is 1. The first-order chi connectivity index (χ1) is 15.5. The quantitative estimate of drug-likeness (QED) is 0.648. The molecule has 2 aromatic carbocycles. The molecule has 0 aromatic heterocycles. The van der Waals surface area contributed by atoms with Gasteiger partial charge in [-0.2, -0.15) is 0 Å². The van der Waals surface area contributed by atoms with Crippen molar-refractivity contribution in [2.75, 3.05) is 13.6 Å². The first-order valence-electron chi connectivity index (χ1n) is 12.1. The Kier molecular flexibility index (Phi) is 7.48. The molecule has 0 spiro atoms. The molecular formula is C27H38N4O. The zero-order valence-corrected chi connectivity index (χ0v) is 19.4. The van der Waals surface area contributed by atoms with E-state index in [9.17, 15) is 5.11 Å². The fourth-order valence-corrected chi connectivity index (χ4v) is 5.49. The molecule has 4 rings (SSSR count).